The van der Waals surface area contributed by atoms with E-state index in [1.807, 2.05) is 0 Å². The fourth-order valence-electron chi connectivity index (χ4n) is 4.75. The molecule has 1 heterocycles. The number of alkyl halides is 1. The van der Waals surface area contributed by atoms with Crippen molar-refractivity contribution in [3.8, 4) is 0 Å². The molecule has 2 fully saturated rings. The van der Waals surface area contributed by atoms with Crippen LogP contribution in [0.4, 0.5) is 10.1 Å². The Hall–Kier alpha value is -2.16. The number of hydrogen-bond acceptors (Lipinski definition) is 4. The fourth-order valence-corrected chi connectivity index (χ4v) is 6.58. The van der Waals surface area contributed by atoms with Crippen molar-refractivity contribution in [1.29, 1.82) is 0 Å². The second kappa shape index (κ2) is 11.1. The summed E-state index contributed by atoms with van der Waals surface area (Å²) in [6.45, 7) is 3.51. The Bertz CT molecular complexity index is 1070. The quantitative estimate of drug-likeness (QED) is 0.565. The van der Waals surface area contributed by atoms with E-state index in [1.54, 1.807) is 24.3 Å². The molecule has 0 spiro atoms. The average molecular weight is 508 g/mol. The lowest BCUT2D eigenvalue weighted by atomic mass is 9.93. The number of benzene rings is 2. The van der Waals surface area contributed by atoms with Crippen LogP contribution in [0.2, 0.25) is 5.02 Å². The molecule has 9 heteroatoms. The molecule has 1 N–H and O–H groups in total. The van der Waals surface area contributed by atoms with Crippen LogP contribution >= 0.6 is 11.6 Å². The largest absolute Gasteiger partial charge is 0.351 e. The average Bonchev–Trinajstić information content (AvgIpc) is 3.35. The van der Waals surface area contributed by atoms with Gasteiger partial charge in [-0.15, -0.1) is 0 Å². The van der Waals surface area contributed by atoms with Crippen molar-refractivity contribution < 1.29 is 17.6 Å². The summed E-state index contributed by atoms with van der Waals surface area (Å²) in [6, 6.07) is 11.5. The van der Waals surface area contributed by atoms with Gasteiger partial charge in [-0.1, -0.05) is 24.4 Å². The Kier molecular flexibility index (Phi) is 8.11. The number of anilines is 1. The van der Waals surface area contributed by atoms with Gasteiger partial charge in [0.15, 0.2) is 0 Å². The predicted molar refractivity (Wildman–Crippen MR) is 133 cm³/mol. The molecule has 6 nitrogen and oxygen atoms in total. The Morgan fingerprint density at radius 3 is 2.29 bits per heavy atom. The number of carbonyl (C=O) groups excluding carboxylic acids is 1. The van der Waals surface area contributed by atoms with Crippen LogP contribution in [0.1, 0.15) is 48.9 Å². The highest BCUT2D eigenvalue weighted by atomic mass is 35.5. The maximum atomic E-state index is 15.0. The minimum atomic E-state index is -4.03. The summed E-state index contributed by atoms with van der Waals surface area (Å²) in [5.74, 6) is -0.209. The highest BCUT2D eigenvalue weighted by Crippen LogP contribution is 2.34. The standard InChI is InChI=1S/C25H31ClFN3O3S/c26-20-9-13-22(14-10-20)34(32,33)30(24-6-2-1-5-23(24)27)21-11-7-19(8-12-21)25(31)28-15-18-29-16-3-4-17-29/h7-14,23-24H,1-6,15-18H2,(H,28,31). The summed E-state index contributed by atoms with van der Waals surface area (Å²) >= 11 is 5.94. The highest BCUT2D eigenvalue weighted by molar-refractivity contribution is 7.92. The zero-order valence-electron chi connectivity index (χ0n) is 19.1. The molecule has 2 unspecified atom stereocenters. The van der Waals surface area contributed by atoms with Crippen molar-refractivity contribution in [1.82, 2.24) is 10.2 Å². The molecule has 1 aliphatic carbocycles. The van der Waals surface area contributed by atoms with E-state index in [9.17, 15) is 17.6 Å². The van der Waals surface area contributed by atoms with Gasteiger partial charge in [0, 0.05) is 23.7 Å². The first kappa shape index (κ1) is 24.9. The van der Waals surface area contributed by atoms with E-state index >= 15 is 0 Å². The van der Waals surface area contributed by atoms with Gasteiger partial charge in [-0.3, -0.25) is 9.10 Å². The normalized spacial score (nSPS) is 21.4. The molecule has 0 bridgehead atoms. The highest BCUT2D eigenvalue weighted by Gasteiger charge is 2.38. The molecule has 184 valence electrons. The summed E-state index contributed by atoms with van der Waals surface area (Å²) in [4.78, 5) is 14.9. The molecule has 1 saturated carbocycles. The first-order valence-corrected chi connectivity index (χ1v) is 13.7. The van der Waals surface area contributed by atoms with Crippen LogP contribution < -0.4 is 9.62 Å². The minimum Gasteiger partial charge on any atom is -0.351 e. The van der Waals surface area contributed by atoms with Crippen molar-refractivity contribution in [2.75, 3.05) is 30.5 Å². The summed E-state index contributed by atoms with van der Waals surface area (Å²) in [5, 5.41) is 3.34. The number of carbonyl (C=O) groups is 1. The summed E-state index contributed by atoms with van der Waals surface area (Å²) in [6.07, 6.45) is 3.40. The number of nitrogens with one attached hydrogen (secondary N) is 1. The van der Waals surface area contributed by atoms with Crippen molar-refractivity contribution >= 4 is 33.2 Å². The second-order valence-electron chi connectivity index (χ2n) is 8.97. The van der Waals surface area contributed by atoms with E-state index < -0.39 is 22.2 Å². The lowest BCUT2D eigenvalue weighted by Gasteiger charge is -2.37. The Balaban J connectivity index is 1.55. The summed E-state index contributed by atoms with van der Waals surface area (Å²) < 4.78 is 43.4. The lowest BCUT2D eigenvalue weighted by molar-refractivity contribution is 0.0949. The maximum Gasteiger partial charge on any atom is 0.264 e. The molecular formula is C25H31ClFN3O3S. The van der Waals surface area contributed by atoms with Crippen molar-refractivity contribution in [2.24, 2.45) is 0 Å². The van der Waals surface area contributed by atoms with Gasteiger partial charge in [-0.2, -0.15) is 0 Å². The Labute approximate surface area is 206 Å². The number of likely N-dealkylation sites (tertiary alicyclic amines) is 1. The number of hydrogen-bond donors (Lipinski definition) is 1. The SMILES string of the molecule is O=C(NCCN1CCCC1)c1ccc(N(C2CCCCC2F)S(=O)(=O)c2ccc(Cl)cc2)cc1. The van der Waals surface area contributed by atoms with Crippen molar-refractivity contribution in [3.63, 3.8) is 0 Å². The third-order valence-corrected chi connectivity index (χ3v) is 8.73. The molecule has 0 aromatic heterocycles. The number of halogens is 2. The minimum absolute atomic E-state index is 0.0541. The number of amides is 1. The topological polar surface area (TPSA) is 69.7 Å². The first-order valence-electron chi connectivity index (χ1n) is 11.9. The number of sulfonamides is 1. The van der Waals surface area contributed by atoms with Gasteiger partial charge in [0.2, 0.25) is 0 Å². The fraction of sp³-hybridized carbons (Fsp3) is 0.480. The summed E-state index contributed by atoms with van der Waals surface area (Å²) in [5.41, 5.74) is 0.785. The molecule has 2 atom stereocenters. The van der Waals surface area contributed by atoms with E-state index in [1.165, 1.54) is 41.4 Å². The maximum absolute atomic E-state index is 15.0. The lowest BCUT2D eigenvalue weighted by Crippen LogP contribution is -2.47. The third-order valence-electron chi connectivity index (χ3n) is 6.62. The zero-order chi connectivity index (χ0) is 24.1. The van der Waals surface area contributed by atoms with Crippen LogP contribution in [-0.2, 0) is 10.0 Å². The van der Waals surface area contributed by atoms with E-state index in [-0.39, 0.29) is 10.8 Å². The summed E-state index contributed by atoms with van der Waals surface area (Å²) in [7, 11) is -4.03. The van der Waals surface area contributed by atoms with Gasteiger partial charge < -0.3 is 10.2 Å². The smallest absolute Gasteiger partial charge is 0.264 e. The van der Waals surface area contributed by atoms with E-state index in [0.29, 0.717) is 35.7 Å². The van der Waals surface area contributed by atoms with E-state index in [2.05, 4.69) is 10.2 Å². The van der Waals surface area contributed by atoms with Crippen molar-refractivity contribution in [3.05, 3.63) is 59.1 Å². The van der Waals surface area contributed by atoms with Crippen LogP contribution in [0, 0.1) is 0 Å². The monoisotopic (exact) mass is 507 g/mol. The van der Waals surface area contributed by atoms with Crippen LogP contribution in [0.15, 0.2) is 53.4 Å². The second-order valence-corrected chi connectivity index (χ2v) is 11.2. The zero-order valence-corrected chi connectivity index (χ0v) is 20.7. The molecule has 0 radical (unpaired) electrons. The predicted octanol–water partition coefficient (Wildman–Crippen LogP) is 4.64. The number of nitrogens with zero attached hydrogens (tertiary/aromatic N) is 2. The van der Waals surface area contributed by atoms with Crippen LogP contribution in [-0.4, -0.2) is 57.6 Å². The molecule has 4 rings (SSSR count). The molecule has 2 aromatic rings. The molecule has 1 aliphatic heterocycles. The van der Waals surface area contributed by atoms with Gasteiger partial charge in [-0.25, -0.2) is 12.8 Å². The van der Waals surface area contributed by atoms with Gasteiger partial charge >= 0.3 is 0 Å². The van der Waals surface area contributed by atoms with Crippen LogP contribution in [0.3, 0.4) is 0 Å². The molecular weight excluding hydrogens is 477 g/mol. The molecule has 1 amide bonds. The van der Waals surface area contributed by atoms with E-state index in [4.69, 9.17) is 11.6 Å². The van der Waals surface area contributed by atoms with Gasteiger partial charge in [-0.05, 0) is 87.3 Å². The van der Waals surface area contributed by atoms with Gasteiger partial charge in [0.25, 0.3) is 15.9 Å². The first-order chi connectivity index (χ1) is 16.4. The Morgan fingerprint density at radius 1 is 1.00 bits per heavy atom. The van der Waals surface area contributed by atoms with Crippen molar-refractivity contribution in [2.45, 2.75) is 55.6 Å². The Morgan fingerprint density at radius 2 is 1.65 bits per heavy atom. The molecule has 2 aromatic carbocycles. The third kappa shape index (κ3) is 5.73. The molecule has 2 aliphatic rings. The number of rotatable bonds is 8. The van der Waals surface area contributed by atoms with Crippen LogP contribution in [0.5, 0.6) is 0 Å². The van der Waals surface area contributed by atoms with Crippen LogP contribution in [0.25, 0.3) is 0 Å². The molecule has 34 heavy (non-hydrogen) atoms. The van der Waals surface area contributed by atoms with Gasteiger partial charge in [0.05, 0.1) is 16.6 Å². The van der Waals surface area contributed by atoms with Gasteiger partial charge in [0.1, 0.15) is 6.17 Å². The molecule has 1 saturated heterocycles. The van der Waals surface area contributed by atoms with E-state index in [0.717, 1.165) is 32.5 Å².